The maximum absolute atomic E-state index is 12.3. The number of hydrogen-bond donors (Lipinski definition) is 1. The van der Waals surface area contributed by atoms with Gasteiger partial charge in [0.1, 0.15) is 18.5 Å². The largest absolute Gasteiger partial charge is 0.488 e. The fourth-order valence-corrected chi connectivity index (χ4v) is 4.57. The first-order chi connectivity index (χ1) is 16.6. The number of carbonyl (C=O) groups is 1. The van der Waals surface area contributed by atoms with Crippen molar-refractivity contribution in [3.63, 3.8) is 0 Å². The number of nitrogens with zero attached hydrogens (tertiary/aromatic N) is 2. The highest BCUT2D eigenvalue weighted by Crippen LogP contribution is 2.44. The number of aliphatic hydroxyl groups excluding tert-OH is 1. The van der Waals surface area contributed by atoms with Gasteiger partial charge in [-0.3, -0.25) is 0 Å². The van der Waals surface area contributed by atoms with E-state index in [-0.39, 0.29) is 31.2 Å². The second-order valence-corrected chi connectivity index (χ2v) is 9.02. The summed E-state index contributed by atoms with van der Waals surface area (Å²) in [5.74, 6) is 1.04. The van der Waals surface area contributed by atoms with E-state index in [1.54, 1.807) is 0 Å². The van der Waals surface area contributed by atoms with E-state index in [9.17, 15) is 9.90 Å². The van der Waals surface area contributed by atoms with Crippen molar-refractivity contribution in [2.75, 3.05) is 19.8 Å². The lowest BCUT2D eigenvalue weighted by Crippen LogP contribution is -2.15. The molecular formula is C28H32N2O4. The average molecular weight is 461 g/mol. The summed E-state index contributed by atoms with van der Waals surface area (Å²) >= 11 is 0. The number of carbonyl (C=O) groups excluding carboxylic acids is 1. The molecule has 2 aromatic carbocycles. The molecule has 2 aliphatic carbocycles. The second-order valence-electron chi connectivity index (χ2n) is 9.02. The van der Waals surface area contributed by atoms with Crippen LogP contribution in [0.4, 0.5) is 4.79 Å². The molecule has 2 aromatic rings. The summed E-state index contributed by atoms with van der Waals surface area (Å²) < 4.78 is 11.3. The summed E-state index contributed by atoms with van der Waals surface area (Å²) in [6.07, 6.45) is 6.04. The van der Waals surface area contributed by atoms with E-state index in [0.29, 0.717) is 6.54 Å². The molecule has 0 aromatic heterocycles. The molecule has 4 rings (SSSR count). The van der Waals surface area contributed by atoms with Crippen molar-refractivity contribution >= 4 is 6.09 Å². The highest BCUT2D eigenvalue weighted by molar-refractivity contribution is 5.79. The lowest BCUT2D eigenvalue weighted by Gasteiger charge is -2.22. The smallest absolute Gasteiger partial charge is 0.452 e. The van der Waals surface area contributed by atoms with Gasteiger partial charge < -0.3 is 14.6 Å². The van der Waals surface area contributed by atoms with Gasteiger partial charge in [0.15, 0.2) is 0 Å². The van der Waals surface area contributed by atoms with Gasteiger partial charge in [-0.05, 0) is 66.0 Å². The molecule has 0 unspecified atom stereocenters. The van der Waals surface area contributed by atoms with Crippen LogP contribution in [0, 0.1) is 5.92 Å². The van der Waals surface area contributed by atoms with Crippen LogP contribution in [0.1, 0.15) is 50.2 Å². The topological polar surface area (TPSA) is 80.5 Å². The molecule has 6 heteroatoms. The Labute approximate surface area is 201 Å². The van der Waals surface area contributed by atoms with E-state index in [4.69, 9.17) is 9.47 Å². The fourth-order valence-electron chi connectivity index (χ4n) is 4.57. The predicted molar refractivity (Wildman–Crippen MR) is 132 cm³/mol. The predicted octanol–water partition coefficient (Wildman–Crippen LogP) is 6.42. The van der Waals surface area contributed by atoms with Crippen LogP contribution < -0.4 is 0 Å². The molecule has 0 aliphatic heterocycles. The third-order valence-corrected chi connectivity index (χ3v) is 6.24. The summed E-state index contributed by atoms with van der Waals surface area (Å²) in [6.45, 7) is 4.56. The lowest BCUT2D eigenvalue weighted by molar-refractivity contribution is 0.0743. The number of allylic oxidation sites excluding steroid dienone is 3. The van der Waals surface area contributed by atoms with Crippen LogP contribution in [0.15, 0.2) is 82.2 Å². The van der Waals surface area contributed by atoms with Crippen molar-refractivity contribution in [2.45, 2.75) is 45.1 Å². The van der Waals surface area contributed by atoms with Gasteiger partial charge >= 0.3 is 6.09 Å². The van der Waals surface area contributed by atoms with Gasteiger partial charge in [0.2, 0.25) is 0 Å². The molecule has 0 bridgehead atoms. The molecule has 6 nitrogen and oxygen atoms in total. The highest BCUT2D eigenvalue weighted by atomic mass is 16.5. The number of azo groups is 1. The SMILES string of the molecule is C[C@H](CN=NC(=O)OCC1c2ccccc2-c2ccccc21)CC1=CCCC=C1O[C@@H](C)CO. The minimum Gasteiger partial charge on any atom is -0.488 e. The normalized spacial score (nSPS) is 16.9. The molecular weight excluding hydrogens is 428 g/mol. The summed E-state index contributed by atoms with van der Waals surface area (Å²) in [4.78, 5) is 12.3. The number of ether oxygens (including phenoxy) is 2. The van der Waals surface area contributed by atoms with Gasteiger partial charge in [0.05, 0.1) is 13.2 Å². The first-order valence-corrected chi connectivity index (χ1v) is 12.0. The third-order valence-electron chi connectivity index (χ3n) is 6.24. The van der Waals surface area contributed by atoms with Crippen LogP contribution in [-0.4, -0.2) is 37.1 Å². The van der Waals surface area contributed by atoms with E-state index in [1.165, 1.54) is 22.3 Å². The van der Waals surface area contributed by atoms with Crippen molar-refractivity contribution in [3.8, 4) is 11.1 Å². The first-order valence-electron chi connectivity index (χ1n) is 12.0. The summed E-state index contributed by atoms with van der Waals surface area (Å²) in [5, 5.41) is 17.1. The standard InChI is InChI=1S/C28H32N2O4/c1-19(15-21-9-3-8-14-27(21)34-20(2)17-31)16-29-30-28(32)33-18-26-24-12-6-4-10-22(24)23-11-5-7-13-25(23)26/h4-7,9-14,19-20,26,31H,3,8,15-18H2,1-2H3/t19-,20-/m0/s1. The van der Waals surface area contributed by atoms with Gasteiger partial charge in [-0.2, -0.15) is 5.11 Å². The van der Waals surface area contributed by atoms with Crippen molar-refractivity contribution in [1.29, 1.82) is 0 Å². The molecule has 0 spiro atoms. The lowest BCUT2D eigenvalue weighted by atomic mass is 9.95. The van der Waals surface area contributed by atoms with Crippen molar-refractivity contribution in [2.24, 2.45) is 16.1 Å². The monoisotopic (exact) mass is 460 g/mol. The van der Waals surface area contributed by atoms with E-state index < -0.39 is 6.09 Å². The molecule has 0 saturated heterocycles. The average Bonchev–Trinajstić information content (AvgIpc) is 3.17. The molecule has 0 heterocycles. The molecule has 1 N–H and O–H groups in total. The van der Waals surface area contributed by atoms with Crippen molar-refractivity contribution in [1.82, 2.24) is 0 Å². The van der Waals surface area contributed by atoms with Gasteiger partial charge in [-0.25, -0.2) is 4.79 Å². The van der Waals surface area contributed by atoms with Crippen LogP contribution in [0.2, 0.25) is 0 Å². The quantitative estimate of drug-likeness (QED) is 0.438. The Morgan fingerprint density at radius 1 is 1.03 bits per heavy atom. The maximum atomic E-state index is 12.3. The Hall–Kier alpha value is -3.25. The fraction of sp³-hybridized carbons (Fsp3) is 0.393. The Bertz CT molecular complexity index is 1060. The summed E-state index contributed by atoms with van der Waals surface area (Å²) in [7, 11) is 0. The number of rotatable bonds is 9. The van der Waals surface area contributed by atoms with Crippen LogP contribution in [0.25, 0.3) is 11.1 Å². The molecule has 1 amide bonds. The summed E-state index contributed by atoms with van der Waals surface area (Å²) in [6, 6.07) is 16.5. The molecule has 0 saturated carbocycles. The Morgan fingerprint density at radius 2 is 1.68 bits per heavy atom. The molecule has 0 radical (unpaired) electrons. The molecule has 178 valence electrons. The molecule has 2 aliphatic rings. The van der Waals surface area contributed by atoms with E-state index in [0.717, 1.165) is 30.6 Å². The van der Waals surface area contributed by atoms with Crippen LogP contribution in [0.5, 0.6) is 0 Å². The number of amides is 1. The molecule has 34 heavy (non-hydrogen) atoms. The molecule has 2 atom stereocenters. The minimum atomic E-state index is -0.661. The van der Waals surface area contributed by atoms with Crippen molar-refractivity contribution < 1.29 is 19.4 Å². The van der Waals surface area contributed by atoms with Crippen LogP contribution >= 0.6 is 0 Å². The van der Waals surface area contributed by atoms with Gasteiger partial charge in [0.25, 0.3) is 0 Å². The van der Waals surface area contributed by atoms with E-state index in [2.05, 4.69) is 53.6 Å². The Morgan fingerprint density at radius 3 is 2.35 bits per heavy atom. The zero-order valence-electron chi connectivity index (χ0n) is 19.8. The second kappa shape index (κ2) is 11.3. The maximum Gasteiger partial charge on any atom is 0.452 e. The Kier molecular flexibility index (Phi) is 7.91. The number of fused-ring (bicyclic) bond motifs is 3. The van der Waals surface area contributed by atoms with Gasteiger partial charge in [-0.15, -0.1) is 0 Å². The minimum absolute atomic E-state index is 0.00947. The number of aliphatic hydroxyl groups is 1. The first kappa shape index (κ1) is 23.9. The highest BCUT2D eigenvalue weighted by Gasteiger charge is 2.29. The van der Waals surface area contributed by atoms with Gasteiger partial charge in [0, 0.05) is 5.92 Å². The Balaban J connectivity index is 1.28. The van der Waals surface area contributed by atoms with E-state index in [1.807, 2.05) is 31.2 Å². The van der Waals surface area contributed by atoms with Crippen molar-refractivity contribution in [3.05, 3.63) is 83.1 Å². The zero-order chi connectivity index (χ0) is 23.9. The number of hydrogen-bond acceptors (Lipinski definition) is 5. The molecule has 0 fully saturated rings. The van der Waals surface area contributed by atoms with Gasteiger partial charge in [-0.1, -0.05) is 66.6 Å². The van der Waals surface area contributed by atoms with Crippen LogP contribution in [-0.2, 0) is 9.47 Å². The van der Waals surface area contributed by atoms with Crippen LogP contribution in [0.3, 0.4) is 0 Å². The third kappa shape index (κ3) is 5.62. The van der Waals surface area contributed by atoms with E-state index >= 15 is 0 Å². The zero-order valence-corrected chi connectivity index (χ0v) is 19.8. The number of benzene rings is 2. The summed E-state index contributed by atoms with van der Waals surface area (Å²) in [5.41, 5.74) is 5.85.